The molecule has 0 unspecified atom stereocenters. The van der Waals surface area contributed by atoms with Gasteiger partial charge in [-0.15, -0.1) is 0 Å². The van der Waals surface area contributed by atoms with Crippen LogP contribution in [-0.4, -0.2) is 16.5 Å². The summed E-state index contributed by atoms with van der Waals surface area (Å²) < 4.78 is 2.15. The molecule has 3 nitrogen and oxygen atoms in total. The lowest BCUT2D eigenvalue weighted by Crippen LogP contribution is -2.36. The van der Waals surface area contributed by atoms with Crippen LogP contribution in [0.3, 0.4) is 0 Å². The van der Waals surface area contributed by atoms with Crippen LogP contribution in [0.15, 0.2) is 54.7 Å². The van der Waals surface area contributed by atoms with Gasteiger partial charge in [0.1, 0.15) is 0 Å². The molecule has 1 fully saturated rings. The lowest BCUT2D eigenvalue weighted by atomic mass is 9.87. The van der Waals surface area contributed by atoms with Gasteiger partial charge in [0.05, 0.1) is 0 Å². The number of benzene rings is 2. The van der Waals surface area contributed by atoms with Gasteiger partial charge in [0.2, 0.25) is 5.91 Å². The molecule has 1 N–H and O–H groups in total. The molecule has 4 heteroatoms. The Morgan fingerprint density at radius 1 is 1.11 bits per heavy atom. The van der Waals surface area contributed by atoms with Gasteiger partial charge < -0.3 is 9.88 Å². The zero-order valence-electron chi connectivity index (χ0n) is 16.3. The lowest BCUT2D eigenvalue weighted by molar-refractivity contribution is -0.122. The number of hydrogen-bond acceptors (Lipinski definition) is 1. The number of halogens is 1. The lowest BCUT2D eigenvalue weighted by Gasteiger charge is -2.24. The second-order valence-electron chi connectivity index (χ2n) is 7.92. The summed E-state index contributed by atoms with van der Waals surface area (Å²) in [5, 5.41) is 5.20. The van der Waals surface area contributed by atoms with Gasteiger partial charge >= 0.3 is 0 Å². The molecule has 0 saturated heterocycles. The Kier molecular flexibility index (Phi) is 5.72. The summed E-state index contributed by atoms with van der Waals surface area (Å²) in [5.41, 5.74) is 3.50. The van der Waals surface area contributed by atoms with Gasteiger partial charge in [-0.2, -0.15) is 0 Å². The summed E-state index contributed by atoms with van der Waals surface area (Å²) >= 11 is 6.11. The van der Waals surface area contributed by atoms with Crippen LogP contribution in [0.1, 0.15) is 55.6 Å². The Hall–Kier alpha value is -2.26. The molecule has 1 amide bonds. The summed E-state index contributed by atoms with van der Waals surface area (Å²) in [6.07, 6.45) is 8.54. The maximum Gasteiger partial charge on any atom is 0.221 e. The number of fused-ring (bicyclic) bond motifs is 1. The van der Waals surface area contributed by atoms with E-state index in [1.807, 2.05) is 24.3 Å². The van der Waals surface area contributed by atoms with Gasteiger partial charge in [-0.25, -0.2) is 0 Å². The van der Waals surface area contributed by atoms with Crippen LogP contribution in [0, 0.1) is 0 Å². The first-order valence-electron chi connectivity index (χ1n) is 10.2. The van der Waals surface area contributed by atoms with Crippen LogP contribution in [0.25, 0.3) is 10.9 Å². The predicted molar refractivity (Wildman–Crippen MR) is 116 cm³/mol. The molecule has 0 bridgehead atoms. The molecule has 1 aliphatic rings. The summed E-state index contributed by atoms with van der Waals surface area (Å²) in [4.78, 5) is 12.9. The van der Waals surface area contributed by atoms with E-state index in [4.69, 9.17) is 11.6 Å². The monoisotopic (exact) mass is 394 g/mol. The van der Waals surface area contributed by atoms with Crippen LogP contribution >= 0.6 is 11.6 Å². The Morgan fingerprint density at radius 3 is 2.57 bits per heavy atom. The number of carbonyl (C=O) groups excluding carboxylic acids is 1. The highest BCUT2D eigenvalue weighted by molar-refractivity contribution is 6.30. The predicted octanol–water partition coefficient (Wildman–Crippen LogP) is 5.80. The zero-order chi connectivity index (χ0) is 19.5. The third-order valence-corrected chi connectivity index (χ3v) is 6.19. The first kappa shape index (κ1) is 19.1. The molecule has 4 rings (SSSR count). The molecule has 0 radical (unpaired) electrons. The number of carbonyl (C=O) groups is 1. The number of amides is 1. The number of nitrogens with one attached hydrogen (secondary N) is 1. The van der Waals surface area contributed by atoms with E-state index in [-0.39, 0.29) is 11.8 Å². The molecule has 0 spiro atoms. The van der Waals surface area contributed by atoms with Crippen molar-refractivity contribution in [2.24, 2.45) is 7.05 Å². The highest BCUT2D eigenvalue weighted by atomic mass is 35.5. The third-order valence-electron chi connectivity index (χ3n) is 5.94. The fourth-order valence-electron chi connectivity index (χ4n) is 4.47. The molecular weight excluding hydrogens is 368 g/mol. The quantitative estimate of drug-likeness (QED) is 0.582. The average molecular weight is 395 g/mol. The van der Waals surface area contributed by atoms with E-state index >= 15 is 0 Å². The van der Waals surface area contributed by atoms with E-state index in [2.05, 4.69) is 47.4 Å². The molecule has 0 aliphatic heterocycles. The Morgan fingerprint density at radius 2 is 1.82 bits per heavy atom. The van der Waals surface area contributed by atoms with Crippen molar-refractivity contribution in [1.82, 2.24) is 9.88 Å². The van der Waals surface area contributed by atoms with E-state index < -0.39 is 0 Å². The normalized spacial score (nSPS) is 16.2. The SMILES string of the molecule is Cn1cc([C@@H](CC(=O)NC2CCCCC2)c2ccc(Cl)cc2)c2ccccc21. The van der Waals surface area contributed by atoms with E-state index in [0.717, 1.165) is 18.4 Å². The molecule has 1 atom stereocenters. The number of nitrogens with zero attached hydrogens (tertiary/aromatic N) is 1. The molecule has 1 aromatic heterocycles. The van der Waals surface area contributed by atoms with Crippen molar-refractivity contribution in [2.75, 3.05) is 0 Å². The van der Waals surface area contributed by atoms with Crippen molar-refractivity contribution in [3.63, 3.8) is 0 Å². The smallest absolute Gasteiger partial charge is 0.221 e. The van der Waals surface area contributed by atoms with E-state index in [0.29, 0.717) is 17.5 Å². The number of para-hydroxylation sites is 1. The van der Waals surface area contributed by atoms with E-state index in [1.165, 1.54) is 35.7 Å². The largest absolute Gasteiger partial charge is 0.353 e. The molecule has 28 heavy (non-hydrogen) atoms. The number of aryl methyl sites for hydroxylation is 1. The third kappa shape index (κ3) is 4.10. The number of aromatic nitrogens is 1. The molecular formula is C24H27ClN2O. The topological polar surface area (TPSA) is 34.0 Å². The van der Waals surface area contributed by atoms with Crippen LogP contribution in [0.4, 0.5) is 0 Å². The van der Waals surface area contributed by atoms with Crippen LogP contribution < -0.4 is 5.32 Å². The van der Waals surface area contributed by atoms with Gasteiger partial charge in [-0.3, -0.25) is 4.79 Å². The average Bonchev–Trinajstić information content (AvgIpc) is 3.04. The van der Waals surface area contributed by atoms with Crippen molar-refractivity contribution in [3.8, 4) is 0 Å². The molecule has 1 saturated carbocycles. The van der Waals surface area contributed by atoms with Crippen molar-refractivity contribution < 1.29 is 4.79 Å². The molecule has 1 aliphatic carbocycles. The Bertz CT molecular complexity index is 954. The Labute approximate surface area is 171 Å². The maximum atomic E-state index is 12.9. The summed E-state index contributed by atoms with van der Waals surface area (Å²) in [7, 11) is 2.06. The highest BCUT2D eigenvalue weighted by Crippen LogP contribution is 2.35. The van der Waals surface area contributed by atoms with Crippen molar-refractivity contribution in [3.05, 3.63) is 70.9 Å². The van der Waals surface area contributed by atoms with Gasteiger partial charge in [0.15, 0.2) is 0 Å². The zero-order valence-corrected chi connectivity index (χ0v) is 17.1. The summed E-state index contributed by atoms with van der Waals surface area (Å²) in [5.74, 6) is 0.145. The minimum atomic E-state index is 0.00644. The fourth-order valence-corrected chi connectivity index (χ4v) is 4.60. The van der Waals surface area contributed by atoms with Crippen LogP contribution in [0.2, 0.25) is 5.02 Å². The summed E-state index contributed by atoms with van der Waals surface area (Å²) in [6.45, 7) is 0. The minimum Gasteiger partial charge on any atom is -0.353 e. The van der Waals surface area contributed by atoms with Gasteiger partial charge in [0.25, 0.3) is 0 Å². The van der Waals surface area contributed by atoms with Gasteiger partial charge in [-0.05, 0) is 42.2 Å². The molecule has 3 aromatic rings. The van der Waals surface area contributed by atoms with Crippen molar-refractivity contribution in [2.45, 2.75) is 50.5 Å². The molecule has 2 aromatic carbocycles. The molecule has 146 valence electrons. The van der Waals surface area contributed by atoms with Crippen LogP contribution in [0.5, 0.6) is 0 Å². The second-order valence-corrected chi connectivity index (χ2v) is 8.36. The Balaban J connectivity index is 1.65. The molecule has 1 heterocycles. The van der Waals surface area contributed by atoms with Gasteiger partial charge in [-0.1, -0.05) is 61.2 Å². The van der Waals surface area contributed by atoms with Crippen molar-refractivity contribution >= 4 is 28.4 Å². The number of hydrogen-bond donors (Lipinski definition) is 1. The van der Waals surface area contributed by atoms with Gasteiger partial charge in [0, 0.05) is 47.6 Å². The van der Waals surface area contributed by atoms with Crippen molar-refractivity contribution in [1.29, 1.82) is 0 Å². The van der Waals surface area contributed by atoms with E-state index in [9.17, 15) is 4.79 Å². The minimum absolute atomic E-state index is 0.00644. The first-order chi connectivity index (χ1) is 13.6. The summed E-state index contributed by atoms with van der Waals surface area (Å²) in [6, 6.07) is 16.6. The highest BCUT2D eigenvalue weighted by Gasteiger charge is 2.24. The van der Waals surface area contributed by atoms with E-state index in [1.54, 1.807) is 0 Å². The number of rotatable bonds is 5. The first-order valence-corrected chi connectivity index (χ1v) is 10.6. The fraction of sp³-hybridized carbons (Fsp3) is 0.375. The second kappa shape index (κ2) is 8.40. The maximum absolute atomic E-state index is 12.9. The standard InChI is InChI=1S/C24H27ClN2O/c1-27-16-22(20-9-5-6-10-23(20)27)21(17-11-13-18(25)14-12-17)15-24(28)26-19-7-3-2-4-8-19/h5-6,9-14,16,19,21H,2-4,7-8,15H2,1H3,(H,26,28)/t21-/m0/s1. The van der Waals surface area contributed by atoms with Crippen LogP contribution in [-0.2, 0) is 11.8 Å².